The lowest BCUT2D eigenvalue weighted by molar-refractivity contribution is -0.111. The van der Waals surface area contributed by atoms with E-state index in [1.807, 2.05) is 24.3 Å². The number of carbonyl (C=O) groups is 1. The minimum Gasteiger partial charge on any atom is -0.437 e. The van der Waals surface area contributed by atoms with Crippen molar-refractivity contribution >= 4 is 28.9 Å². The maximum atomic E-state index is 11.7. The molecule has 3 aromatic rings. The van der Waals surface area contributed by atoms with Crippen molar-refractivity contribution in [3.05, 3.63) is 48.5 Å². The Balaban J connectivity index is 1.71. The van der Waals surface area contributed by atoms with E-state index in [0.717, 1.165) is 5.52 Å². The number of carbonyl (C=O) groups excluding carboxylic acids is 1. The number of anilines is 1. The third-order valence-electron chi connectivity index (χ3n) is 2.65. The van der Waals surface area contributed by atoms with Gasteiger partial charge in [-0.15, -0.1) is 0 Å². The van der Waals surface area contributed by atoms with E-state index in [4.69, 9.17) is 4.42 Å². The molecule has 0 aliphatic heterocycles. The first-order valence-corrected chi connectivity index (χ1v) is 6.05. The van der Waals surface area contributed by atoms with Crippen LogP contribution in [0, 0.1) is 0 Å². The lowest BCUT2D eigenvalue weighted by Gasteiger charge is -1.94. The Kier molecular flexibility index (Phi) is 3.04. The highest BCUT2D eigenvalue weighted by Crippen LogP contribution is 2.15. The van der Waals surface area contributed by atoms with Gasteiger partial charge >= 0.3 is 0 Å². The van der Waals surface area contributed by atoms with E-state index in [-0.39, 0.29) is 5.91 Å². The van der Waals surface area contributed by atoms with E-state index in [9.17, 15) is 4.79 Å². The van der Waals surface area contributed by atoms with Gasteiger partial charge in [0, 0.05) is 31.5 Å². The van der Waals surface area contributed by atoms with Crippen molar-refractivity contribution in [2.24, 2.45) is 7.05 Å². The first-order chi connectivity index (χ1) is 9.70. The summed E-state index contributed by atoms with van der Waals surface area (Å²) in [5, 5.41) is 6.69. The van der Waals surface area contributed by atoms with Crippen LogP contribution in [-0.2, 0) is 11.8 Å². The Morgan fingerprint density at radius 1 is 1.35 bits per heavy atom. The second-order valence-corrected chi connectivity index (χ2v) is 4.22. The van der Waals surface area contributed by atoms with Crippen LogP contribution in [0.1, 0.15) is 5.89 Å². The van der Waals surface area contributed by atoms with Crippen LogP contribution < -0.4 is 5.32 Å². The Hall–Kier alpha value is -2.89. The zero-order valence-corrected chi connectivity index (χ0v) is 10.8. The number of hydrogen-bond donors (Lipinski definition) is 1. The number of benzene rings is 1. The molecule has 2 heterocycles. The van der Waals surface area contributed by atoms with Gasteiger partial charge in [-0.05, 0) is 12.1 Å². The fourth-order valence-electron chi connectivity index (χ4n) is 1.76. The molecule has 0 atom stereocenters. The van der Waals surface area contributed by atoms with Crippen molar-refractivity contribution in [2.45, 2.75) is 0 Å². The average Bonchev–Trinajstić information content (AvgIpc) is 3.02. The minimum absolute atomic E-state index is 0.286. The summed E-state index contributed by atoms with van der Waals surface area (Å²) in [5.41, 5.74) is 1.45. The van der Waals surface area contributed by atoms with E-state index >= 15 is 0 Å². The third-order valence-corrected chi connectivity index (χ3v) is 2.65. The Bertz CT molecular complexity index is 752. The topological polar surface area (TPSA) is 73.0 Å². The Morgan fingerprint density at radius 2 is 2.20 bits per heavy atom. The van der Waals surface area contributed by atoms with Crippen LogP contribution in [0.4, 0.5) is 5.82 Å². The highest BCUT2D eigenvalue weighted by molar-refractivity contribution is 6.01. The summed E-state index contributed by atoms with van der Waals surface area (Å²) in [5.74, 6) is 0.605. The van der Waals surface area contributed by atoms with Crippen molar-refractivity contribution in [3.8, 4) is 0 Å². The van der Waals surface area contributed by atoms with E-state index < -0.39 is 0 Å². The molecule has 0 bridgehead atoms. The molecule has 20 heavy (non-hydrogen) atoms. The zero-order chi connectivity index (χ0) is 13.9. The summed E-state index contributed by atoms with van der Waals surface area (Å²) < 4.78 is 7.09. The summed E-state index contributed by atoms with van der Waals surface area (Å²) in [6, 6.07) is 9.14. The number of fused-ring (bicyclic) bond motifs is 1. The van der Waals surface area contributed by atoms with Gasteiger partial charge in [0.2, 0.25) is 11.8 Å². The van der Waals surface area contributed by atoms with Crippen LogP contribution in [0.3, 0.4) is 0 Å². The number of para-hydroxylation sites is 2. The molecule has 0 aliphatic carbocycles. The van der Waals surface area contributed by atoms with Gasteiger partial charge in [-0.2, -0.15) is 5.10 Å². The number of aromatic nitrogens is 3. The summed E-state index contributed by atoms with van der Waals surface area (Å²) in [6.45, 7) is 0. The maximum absolute atomic E-state index is 11.7. The lowest BCUT2D eigenvalue weighted by atomic mass is 10.3. The molecule has 2 aromatic heterocycles. The van der Waals surface area contributed by atoms with Crippen LogP contribution in [0.25, 0.3) is 17.2 Å². The molecule has 3 rings (SSSR count). The fraction of sp³-hybridized carbons (Fsp3) is 0.0714. The molecule has 0 unspecified atom stereocenters. The van der Waals surface area contributed by atoms with Crippen LogP contribution in [0.5, 0.6) is 0 Å². The van der Waals surface area contributed by atoms with Gasteiger partial charge in [0.05, 0.1) is 0 Å². The van der Waals surface area contributed by atoms with Crippen LogP contribution >= 0.6 is 0 Å². The highest BCUT2D eigenvalue weighted by atomic mass is 16.3. The van der Waals surface area contributed by atoms with E-state index in [1.54, 1.807) is 24.0 Å². The summed E-state index contributed by atoms with van der Waals surface area (Å²) in [7, 11) is 1.78. The van der Waals surface area contributed by atoms with Crippen LogP contribution in [0.15, 0.2) is 47.0 Å². The summed E-state index contributed by atoms with van der Waals surface area (Å²) >= 11 is 0. The van der Waals surface area contributed by atoms with Crippen molar-refractivity contribution in [1.82, 2.24) is 14.8 Å². The molecular formula is C14H12N4O2. The predicted octanol–water partition coefficient (Wildman–Crippen LogP) is 2.21. The summed E-state index contributed by atoms with van der Waals surface area (Å²) in [4.78, 5) is 15.9. The van der Waals surface area contributed by atoms with Gasteiger partial charge in [0.1, 0.15) is 5.52 Å². The number of rotatable bonds is 3. The number of amides is 1. The monoisotopic (exact) mass is 268 g/mol. The van der Waals surface area contributed by atoms with E-state index in [1.165, 1.54) is 12.2 Å². The average molecular weight is 268 g/mol. The summed E-state index contributed by atoms with van der Waals surface area (Å²) in [6.07, 6.45) is 4.64. The molecule has 0 saturated carbocycles. The number of nitrogens with one attached hydrogen (secondary N) is 1. The molecule has 0 spiro atoms. The van der Waals surface area contributed by atoms with Gasteiger partial charge in [-0.1, -0.05) is 12.1 Å². The Morgan fingerprint density at radius 3 is 2.95 bits per heavy atom. The number of oxazole rings is 1. The van der Waals surface area contributed by atoms with Gasteiger partial charge in [-0.25, -0.2) is 4.98 Å². The molecule has 6 nitrogen and oxygen atoms in total. The van der Waals surface area contributed by atoms with Gasteiger partial charge in [-0.3, -0.25) is 9.48 Å². The SMILES string of the molecule is Cn1ccc(NC(=O)/C=C/c2nc3ccccc3o2)n1. The van der Waals surface area contributed by atoms with Crippen LogP contribution in [-0.4, -0.2) is 20.7 Å². The fourth-order valence-corrected chi connectivity index (χ4v) is 1.76. The van der Waals surface area contributed by atoms with E-state index in [0.29, 0.717) is 17.3 Å². The van der Waals surface area contributed by atoms with E-state index in [2.05, 4.69) is 15.4 Å². The smallest absolute Gasteiger partial charge is 0.249 e. The minimum atomic E-state index is -0.286. The zero-order valence-electron chi connectivity index (χ0n) is 10.8. The standard InChI is InChI=1S/C14H12N4O2/c1-18-9-8-12(17-18)16-13(19)6-7-14-15-10-4-2-3-5-11(10)20-14/h2-9H,1H3,(H,16,17,19)/b7-6+. The van der Waals surface area contributed by atoms with Gasteiger partial charge in [0.25, 0.3) is 0 Å². The third kappa shape index (κ3) is 2.59. The van der Waals surface area contributed by atoms with Crippen molar-refractivity contribution in [1.29, 1.82) is 0 Å². The first kappa shape index (κ1) is 12.2. The van der Waals surface area contributed by atoms with Crippen molar-refractivity contribution in [3.63, 3.8) is 0 Å². The molecule has 0 radical (unpaired) electrons. The van der Waals surface area contributed by atoms with Gasteiger partial charge < -0.3 is 9.73 Å². The second kappa shape index (κ2) is 5.00. The molecule has 1 amide bonds. The number of hydrogen-bond acceptors (Lipinski definition) is 4. The highest BCUT2D eigenvalue weighted by Gasteiger charge is 2.03. The second-order valence-electron chi connectivity index (χ2n) is 4.22. The van der Waals surface area contributed by atoms with Gasteiger partial charge in [0.15, 0.2) is 11.4 Å². The number of nitrogens with zero attached hydrogens (tertiary/aromatic N) is 3. The number of aryl methyl sites for hydroxylation is 1. The molecule has 0 aliphatic rings. The quantitative estimate of drug-likeness (QED) is 0.739. The molecular weight excluding hydrogens is 256 g/mol. The molecule has 1 N–H and O–H groups in total. The molecule has 0 saturated heterocycles. The lowest BCUT2D eigenvalue weighted by Crippen LogP contribution is -2.08. The van der Waals surface area contributed by atoms with Crippen molar-refractivity contribution < 1.29 is 9.21 Å². The van der Waals surface area contributed by atoms with Crippen LogP contribution in [0.2, 0.25) is 0 Å². The maximum Gasteiger partial charge on any atom is 0.249 e. The largest absolute Gasteiger partial charge is 0.437 e. The van der Waals surface area contributed by atoms with Crippen molar-refractivity contribution in [2.75, 3.05) is 5.32 Å². The molecule has 100 valence electrons. The molecule has 1 aromatic carbocycles. The Labute approximate surface area is 114 Å². The molecule has 0 fully saturated rings. The molecule has 6 heteroatoms. The first-order valence-electron chi connectivity index (χ1n) is 6.05. The predicted molar refractivity (Wildman–Crippen MR) is 74.9 cm³/mol. The normalized spacial score (nSPS) is 11.2.